The number of urea groups is 1. The second-order valence-electron chi connectivity index (χ2n) is 33.6. The molecule has 0 aliphatic carbocycles. The predicted octanol–water partition coefficient (Wildman–Crippen LogP) is 16.7. The lowest BCUT2D eigenvalue weighted by atomic mass is 10.1. The third-order valence-electron chi connectivity index (χ3n) is 18.6. The maximum Gasteiger partial charge on any atom is 0.410 e. The summed E-state index contributed by atoms with van der Waals surface area (Å²) in [4.78, 5) is 168. The fraction of sp³-hybridized carbons (Fsp3) is 0.471. The Bertz CT molecular complexity index is 5930. The summed E-state index contributed by atoms with van der Waals surface area (Å²) in [6.45, 7) is 34.6. The molecule has 12 heterocycles. The van der Waals surface area contributed by atoms with Gasteiger partial charge in [-0.1, -0.05) is 186 Å². The van der Waals surface area contributed by atoms with E-state index in [1.165, 1.54) is 46.3 Å². The zero-order valence-corrected chi connectivity index (χ0v) is 84.2. The molecule has 724 valence electrons. The van der Waals surface area contributed by atoms with E-state index in [-0.39, 0.29) is 124 Å². The van der Waals surface area contributed by atoms with Crippen LogP contribution in [0.4, 0.5) is 54.8 Å². The van der Waals surface area contributed by atoms with Gasteiger partial charge in [-0.2, -0.15) is 4.98 Å². The van der Waals surface area contributed by atoms with Crippen LogP contribution in [0.25, 0.3) is 33.4 Å². The predicted molar refractivity (Wildman–Crippen MR) is 533 cm³/mol. The number of imide groups is 1. The Balaban J connectivity index is 0.000000296. The molecule has 6 amide bonds. The number of halogens is 10. The van der Waals surface area contributed by atoms with Crippen molar-refractivity contribution in [2.45, 2.75) is 173 Å². The standard InChI is InChI=1S/C26H34Cl2N8O3.C16H17Cl3N6O2.C16H16Cl2N6O2.C10H20N2O2.C9H16N4.C6H3Cl3N2O.2CH4/c1-14(2)18-19(23(33(7)8)30-13-29-18)36-22-16(11-17(27)20(28)31-22)21(32-24(36)37)35-10-9-34(12-15(35)3)25(38)39-26(4,5)6;1-7(2)10-11(14(25(3)4)21-6-20-10)22-16(27)24-15(26)8-5-9(17)13(19)23-12(8)18;1-7(2)10-11(14(23(3)4)20-6-19-10)24-13-8(15(25)22-16(24)26)5-9(17)12(18)21-13;1-8-7-12(6-5-11-8)9(13)14-10(2,3)4;1-6(2)8-7(10)9(13(3)4)12-5-11-8;7-3-1-2(6(10)12)4(8)11-5(3)9;;/h11,13-15H,9-10,12H2,1-8H3;5-7H,1-4H3,(H2,22,24,26,27);5-7H,1-4H3,(H,22,25,26);8,11H,5-7H2,1-4H3;5-6H,10H2,1-4H3;1H,(H2,10,12);2*1H4/t15-;;;8-;;;;/m0..0..../s1. The quantitative estimate of drug-likeness (QED) is 0.0551. The summed E-state index contributed by atoms with van der Waals surface area (Å²) in [6.07, 6.45) is 5.31. The smallest absolute Gasteiger partial charge is 0.410 e. The SMILES string of the molecule is C.C.CC(C)c1ncnc(N(C)C)c1-n1c(=O)[nH]c(=O)c2cc(Cl)c(Cl)nc21.CC(C)c1ncnc(N(C)C)c1-n1c(=O)nc(N2CCN(C(=O)OC(C)(C)C)C[C@@H]2C)c2cc(Cl)c(Cl)nc21.CC(C)c1ncnc(N(C)C)c1N.CC(C)c1ncnc(N(C)C)c1NC(=O)NC(=O)c1cc(Cl)c(Cl)nc1Cl.C[C@H]1CN(C(=O)OC(C)(C)C)CCN1.NC(=O)c1cc(Cl)c(Cl)nc1Cl. The largest absolute Gasteiger partial charge is 0.444 e. The van der Waals surface area contributed by atoms with Gasteiger partial charge < -0.3 is 65.9 Å². The number of aromatic amines is 1. The maximum atomic E-state index is 13.8. The number of nitrogen functional groups attached to an aromatic ring is 1. The lowest BCUT2D eigenvalue weighted by Gasteiger charge is -2.41. The molecule has 133 heavy (non-hydrogen) atoms. The third-order valence-corrected chi connectivity index (χ3v) is 21.9. The summed E-state index contributed by atoms with van der Waals surface area (Å²) in [5, 5.41) is 9.16. The molecule has 2 fully saturated rings. The van der Waals surface area contributed by atoms with Crippen LogP contribution in [-0.2, 0) is 9.47 Å². The highest BCUT2D eigenvalue weighted by molar-refractivity contribution is 6.44. The molecule has 2 saturated heterocycles. The van der Waals surface area contributed by atoms with Crippen molar-refractivity contribution in [2.75, 3.05) is 131 Å². The molecule has 0 bridgehead atoms. The van der Waals surface area contributed by atoms with Crippen LogP contribution < -0.4 is 68.9 Å². The number of amides is 6. The molecule has 2 atom stereocenters. The normalized spacial score (nSPS) is 13.5. The van der Waals surface area contributed by atoms with Crippen LogP contribution in [0.1, 0.15) is 193 Å². The van der Waals surface area contributed by atoms with Crippen LogP contribution in [-0.4, -0.2) is 238 Å². The molecule has 10 aromatic heterocycles. The highest BCUT2D eigenvalue weighted by atomic mass is 35.5. The first-order valence-corrected chi connectivity index (χ1v) is 44.3. The summed E-state index contributed by atoms with van der Waals surface area (Å²) in [6, 6.07) is 4.98. The van der Waals surface area contributed by atoms with E-state index in [0.717, 1.165) is 31.1 Å². The molecule has 12 rings (SSSR count). The summed E-state index contributed by atoms with van der Waals surface area (Å²) in [5.74, 6) is 1.62. The van der Waals surface area contributed by atoms with Gasteiger partial charge in [0.05, 0.1) is 70.5 Å². The van der Waals surface area contributed by atoms with Crippen LogP contribution in [0.15, 0.2) is 64.0 Å². The van der Waals surface area contributed by atoms with E-state index in [2.05, 4.69) is 106 Å². The van der Waals surface area contributed by atoms with Crippen molar-refractivity contribution in [1.82, 2.24) is 99.3 Å². The molecule has 2 aliphatic rings. The molecule has 48 heteroatoms. The molecule has 0 saturated carbocycles. The number of rotatable bonds is 14. The lowest BCUT2D eigenvalue weighted by molar-refractivity contribution is 0.0197. The van der Waals surface area contributed by atoms with Crippen molar-refractivity contribution in [3.63, 3.8) is 0 Å². The van der Waals surface area contributed by atoms with Gasteiger partial charge in [-0.05, 0) is 103 Å². The number of carbonyl (C=O) groups excluding carboxylic acids is 5. The Morgan fingerprint density at radius 3 is 1.33 bits per heavy atom. The van der Waals surface area contributed by atoms with Gasteiger partial charge in [-0.15, -0.1) is 0 Å². The Kier molecular flexibility index (Phi) is 41.4. The average molecular weight is 2040 g/mol. The number of carbonyl (C=O) groups is 5. The lowest BCUT2D eigenvalue weighted by Crippen LogP contribution is -2.55. The molecule has 8 N–H and O–H groups in total. The van der Waals surface area contributed by atoms with Gasteiger partial charge in [0, 0.05) is 108 Å². The number of fused-ring (bicyclic) bond motifs is 2. The number of hydrogen-bond acceptors (Lipinski definition) is 30. The summed E-state index contributed by atoms with van der Waals surface area (Å²) in [5.41, 5.74) is 13.3. The van der Waals surface area contributed by atoms with E-state index < -0.39 is 46.0 Å². The maximum absolute atomic E-state index is 13.8. The zero-order chi connectivity index (χ0) is 98.4. The number of primary amides is 1. The molecule has 0 spiro atoms. The van der Waals surface area contributed by atoms with Crippen molar-refractivity contribution in [1.29, 1.82) is 0 Å². The van der Waals surface area contributed by atoms with E-state index in [1.807, 2.05) is 133 Å². The van der Waals surface area contributed by atoms with E-state index in [9.17, 15) is 38.4 Å². The topological polar surface area (TPSA) is 459 Å². The number of nitrogens with zero attached hydrogens (tertiary/aromatic N) is 22. The Morgan fingerprint density at radius 1 is 0.489 bits per heavy atom. The van der Waals surface area contributed by atoms with Crippen LogP contribution >= 0.6 is 116 Å². The Labute approximate surface area is 822 Å². The van der Waals surface area contributed by atoms with Crippen molar-refractivity contribution in [3.8, 4) is 11.4 Å². The van der Waals surface area contributed by atoms with E-state index in [4.69, 9.17) is 137 Å². The number of hydrogen-bond donors (Lipinski definition) is 6. The van der Waals surface area contributed by atoms with Crippen molar-refractivity contribution in [2.24, 2.45) is 5.73 Å². The molecule has 10 aromatic rings. The van der Waals surface area contributed by atoms with Crippen LogP contribution in [0, 0.1) is 0 Å². The second kappa shape index (κ2) is 48.7. The fourth-order valence-electron chi connectivity index (χ4n) is 12.7. The summed E-state index contributed by atoms with van der Waals surface area (Å²) >= 11 is 59.0. The van der Waals surface area contributed by atoms with Crippen molar-refractivity contribution < 1.29 is 33.4 Å². The first-order valence-electron chi connectivity index (χ1n) is 40.5. The van der Waals surface area contributed by atoms with Gasteiger partial charge in [0.15, 0.2) is 34.6 Å². The first-order chi connectivity index (χ1) is 61.0. The monoisotopic (exact) mass is 2040 g/mol. The van der Waals surface area contributed by atoms with Gasteiger partial charge in [-0.25, -0.2) is 92.9 Å². The van der Waals surface area contributed by atoms with Gasteiger partial charge in [0.1, 0.15) is 90.3 Å². The van der Waals surface area contributed by atoms with Gasteiger partial charge in [0.25, 0.3) is 17.4 Å². The summed E-state index contributed by atoms with van der Waals surface area (Å²) in [7, 11) is 14.7. The molecule has 0 unspecified atom stereocenters. The molecular weight excluding hydrogens is 1930 g/mol. The van der Waals surface area contributed by atoms with Crippen LogP contribution in [0.2, 0.25) is 51.0 Å². The van der Waals surface area contributed by atoms with Crippen LogP contribution in [0.3, 0.4) is 0 Å². The molecular formula is C85H114Cl10N28O10. The fourth-order valence-corrected chi connectivity index (χ4v) is 14.4. The minimum Gasteiger partial charge on any atom is -0.444 e. The number of pyridine rings is 4. The molecule has 2 aliphatic heterocycles. The second-order valence-corrected chi connectivity index (χ2v) is 37.4. The molecule has 0 radical (unpaired) electrons. The first kappa shape index (κ1) is 113. The number of H-pyrrole nitrogens is 1. The highest BCUT2D eigenvalue weighted by Gasteiger charge is 2.35. The van der Waals surface area contributed by atoms with E-state index in [1.54, 1.807) is 60.2 Å². The highest BCUT2D eigenvalue weighted by Crippen LogP contribution is 2.38. The minimum atomic E-state index is -0.780. The Morgan fingerprint density at radius 2 is 0.887 bits per heavy atom. The van der Waals surface area contributed by atoms with Crippen molar-refractivity contribution >= 4 is 209 Å². The number of aromatic nitrogens is 16. The van der Waals surface area contributed by atoms with Crippen LogP contribution in [0.5, 0.6) is 0 Å². The third kappa shape index (κ3) is 29.6. The van der Waals surface area contributed by atoms with Crippen molar-refractivity contribution in [3.05, 3.63) is 166 Å². The number of ether oxygens (including phenoxy) is 2. The van der Waals surface area contributed by atoms with E-state index >= 15 is 0 Å². The summed E-state index contributed by atoms with van der Waals surface area (Å²) < 4.78 is 13.5. The number of piperazine rings is 2. The average Bonchev–Trinajstić information content (AvgIpc) is 0.740. The number of anilines is 7. The van der Waals surface area contributed by atoms with Gasteiger partial charge in [0.2, 0.25) is 0 Å². The Hall–Kier alpha value is -10.4. The molecule has 0 aromatic carbocycles. The minimum absolute atomic E-state index is 0. The van der Waals surface area contributed by atoms with Gasteiger partial charge >= 0.3 is 29.6 Å². The van der Waals surface area contributed by atoms with Gasteiger partial charge in [-0.3, -0.25) is 24.7 Å². The number of nitrogens with one attached hydrogen (secondary N) is 4. The zero-order valence-electron chi connectivity index (χ0n) is 76.7. The van der Waals surface area contributed by atoms with E-state index in [0.29, 0.717) is 106 Å². The number of nitrogens with two attached hydrogens (primary N) is 2. The molecule has 38 nitrogen and oxygen atoms in total.